The van der Waals surface area contributed by atoms with Crippen LogP contribution in [0, 0.1) is 11.3 Å². The van der Waals surface area contributed by atoms with Gasteiger partial charge in [0.25, 0.3) is 0 Å². The average Bonchev–Trinajstić information content (AvgIpc) is 2.15. The van der Waals surface area contributed by atoms with Gasteiger partial charge in [-0.3, -0.25) is 9.59 Å². The van der Waals surface area contributed by atoms with Crippen LogP contribution < -0.4 is 0 Å². The van der Waals surface area contributed by atoms with Crippen LogP contribution in [-0.2, 0) is 14.3 Å². The largest absolute Gasteiger partial charge is 0.465 e. The number of carbonyl (C=O) groups excluding carboxylic acids is 2. The fourth-order valence-corrected chi connectivity index (χ4v) is 1.86. The van der Waals surface area contributed by atoms with Crippen LogP contribution in [0.3, 0.4) is 0 Å². The van der Waals surface area contributed by atoms with Gasteiger partial charge in [-0.25, -0.2) is 0 Å². The van der Waals surface area contributed by atoms with Crippen molar-refractivity contribution in [3.05, 3.63) is 12.2 Å². The monoisotopic (exact) mass is 224 g/mol. The molecule has 1 atom stereocenters. The van der Waals surface area contributed by atoms with Gasteiger partial charge in [0, 0.05) is 18.8 Å². The molecule has 16 heavy (non-hydrogen) atoms. The maximum Gasteiger partial charge on any atom is 0.305 e. The summed E-state index contributed by atoms with van der Waals surface area (Å²) >= 11 is 0. The second-order valence-corrected chi connectivity index (χ2v) is 5.03. The molecule has 3 nitrogen and oxygen atoms in total. The third-order valence-electron chi connectivity index (χ3n) is 3.03. The van der Waals surface area contributed by atoms with E-state index in [0.29, 0.717) is 19.4 Å². The van der Waals surface area contributed by atoms with Crippen LogP contribution >= 0.6 is 0 Å². The molecule has 0 aliphatic heterocycles. The molecule has 0 saturated carbocycles. The molecule has 90 valence electrons. The van der Waals surface area contributed by atoms with E-state index in [-0.39, 0.29) is 23.1 Å². The summed E-state index contributed by atoms with van der Waals surface area (Å²) < 4.78 is 5.19. The SMILES string of the molecule is CCCC(=O)OCC1C=CC(=O)CC1(C)C. The van der Waals surface area contributed by atoms with Crippen LogP contribution in [0.4, 0.5) is 0 Å². The highest BCUT2D eigenvalue weighted by molar-refractivity contribution is 5.91. The van der Waals surface area contributed by atoms with E-state index in [2.05, 4.69) is 0 Å². The molecular weight excluding hydrogens is 204 g/mol. The van der Waals surface area contributed by atoms with Crippen molar-refractivity contribution in [2.24, 2.45) is 11.3 Å². The third-order valence-corrected chi connectivity index (χ3v) is 3.03. The van der Waals surface area contributed by atoms with Crippen LogP contribution in [0.15, 0.2) is 12.2 Å². The van der Waals surface area contributed by atoms with Gasteiger partial charge in [0.15, 0.2) is 5.78 Å². The van der Waals surface area contributed by atoms with Crippen LogP contribution in [0.1, 0.15) is 40.0 Å². The summed E-state index contributed by atoms with van der Waals surface area (Å²) in [6.45, 7) is 6.40. The highest BCUT2D eigenvalue weighted by Crippen LogP contribution is 2.35. The molecule has 0 spiro atoms. The quantitative estimate of drug-likeness (QED) is 0.689. The van der Waals surface area contributed by atoms with Gasteiger partial charge in [0.1, 0.15) is 0 Å². The van der Waals surface area contributed by atoms with Crippen molar-refractivity contribution < 1.29 is 14.3 Å². The lowest BCUT2D eigenvalue weighted by molar-refractivity contribution is -0.145. The highest BCUT2D eigenvalue weighted by Gasteiger charge is 2.33. The molecule has 0 amide bonds. The zero-order valence-corrected chi connectivity index (χ0v) is 10.3. The second kappa shape index (κ2) is 5.28. The van der Waals surface area contributed by atoms with Crippen molar-refractivity contribution in [1.29, 1.82) is 0 Å². The molecule has 0 bridgehead atoms. The fourth-order valence-electron chi connectivity index (χ4n) is 1.86. The molecule has 1 unspecified atom stereocenters. The first-order valence-corrected chi connectivity index (χ1v) is 5.82. The van der Waals surface area contributed by atoms with Gasteiger partial charge < -0.3 is 4.74 Å². The van der Waals surface area contributed by atoms with E-state index >= 15 is 0 Å². The maximum absolute atomic E-state index is 11.3. The van der Waals surface area contributed by atoms with E-state index in [1.54, 1.807) is 6.08 Å². The van der Waals surface area contributed by atoms with Crippen LogP contribution in [0.2, 0.25) is 0 Å². The highest BCUT2D eigenvalue weighted by atomic mass is 16.5. The van der Waals surface area contributed by atoms with E-state index in [0.717, 1.165) is 6.42 Å². The molecule has 0 N–H and O–H groups in total. The summed E-state index contributed by atoms with van der Waals surface area (Å²) in [4.78, 5) is 22.5. The molecule has 1 aliphatic carbocycles. The van der Waals surface area contributed by atoms with Gasteiger partial charge in [-0.15, -0.1) is 0 Å². The Morgan fingerprint density at radius 3 is 2.81 bits per heavy atom. The predicted molar refractivity (Wildman–Crippen MR) is 61.9 cm³/mol. The number of rotatable bonds is 4. The van der Waals surface area contributed by atoms with Gasteiger partial charge in [-0.05, 0) is 17.9 Å². The summed E-state index contributed by atoms with van der Waals surface area (Å²) in [7, 11) is 0. The van der Waals surface area contributed by atoms with Gasteiger partial charge in [-0.1, -0.05) is 26.8 Å². The Balaban J connectivity index is 2.50. The Labute approximate surface area is 96.9 Å². The molecule has 1 rings (SSSR count). The number of ketones is 1. The van der Waals surface area contributed by atoms with Gasteiger partial charge in [0.05, 0.1) is 6.61 Å². The standard InChI is InChI=1S/C13H20O3/c1-4-5-12(15)16-9-10-6-7-11(14)8-13(10,2)3/h6-7,10H,4-5,8-9H2,1-3H3. The minimum Gasteiger partial charge on any atom is -0.465 e. The van der Waals surface area contributed by atoms with Gasteiger partial charge >= 0.3 is 5.97 Å². The van der Waals surface area contributed by atoms with Crippen molar-refractivity contribution >= 4 is 11.8 Å². The van der Waals surface area contributed by atoms with E-state index in [1.807, 2.05) is 26.8 Å². The van der Waals surface area contributed by atoms with Crippen molar-refractivity contribution in [2.45, 2.75) is 40.0 Å². The molecule has 1 aliphatic rings. The summed E-state index contributed by atoms with van der Waals surface area (Å²) in [6.07, 6.45) is 5.27. The van der Waals surface area contributed by atoms with Crippen LogP contribution in [-0.4, -0.2) is 18.4 Å². The van der Waals surface area contributed by atoms with Crippen molar-refractivity contribution in [1.82, 2.24) is 0 Å². The molecule has 0 radical (unpaired) electrons. The minimum absolute atomic E-state index is 0.113. The predicted octanol–water partition coefficient (Wildman–Crippen LogP) is 2.50. The molecule has 0 aromatic heterocycles. The lowest BCUT2D eigenvalue weighted by atomic mass is 9.72. The topological polar surface area (TPSA) is 43.4 Å². The smallest absolute Gasteiger partial charge is 0.305 e. The summed E-state index contributed by atoms with van der Waals surface area (Å²) in [5.74, 6) is 0.149. The lowest BCUT2D eigenvalue weighted by Crippen LogP contribution is -2.32. The molecule has 0 aromatic rings. The molecule has 0 fully saturated rings. The fraction of sp³-hybridized carbons (Fsp3) is 0.692. The van der Waals surface area contributed by atoms with Crippen molar-refractivity contribution in [3.8, 4) is 0 Å². The molecular formula is C13H20O3. The van der Waals surface area contributed by atoms with Crippen molar-refractivity contribution in [2.75, 3.05) is 6.61 Å². The molecule has 0 heterocycles. The van der Waals surface area contributed by atoms with E-state index in [4.69, 9.17) is 4.74 Å². The van der Waals surface area contributed by atoms with E-state index in [9.17, 15) is 9.59 Å². The van der Waals surface area contributed by atoms with Gasteiger partial charge in [0.2, 0.25) is 0 Å². The summed E-state index contributed by atoms with van der Waals surface area (Å²) in [6, 6.07) is 0. The second-order valence-electron chi connectivity index (χ2n) is 5.03. The first kappa shape index (κ1) is 12.9. The average molecular weight is 224 g/mol. The first-order valence-electron chi connectivity index (χ1n) is 5.82. The summed E-state index contributed by atoms with van der Waals surface area (Å²) in [5, 5.41) is 0. The number of hydrogen-bond donors (Lipinski definition) is 0. The zero-order chi connectivity index (χ0) is 12.2. The van der Waals surface area contributed by atoms with E-state index in [1.165, 1.54) is 0 Å². The number of allylic oxidation sites excluding steroid dienone is 1. The first-order chi connectivity index (χ1) is 7.45. The Morgan fingerprint density at radius 2 is 2.25 bits per heavy atom. The zero-order valence-electron chi connectivity index (χ0n) is 10.3. The lowest BCUT2D eigenvalue weighted by Gasteiger charge is -2.33. The number of ether oxygens (including phenoxy) is 1. The van der Waals surface area contributed by atoms with Crippen LogP contribution in [0.25, 0.3) is 0 Å². The van der Waals surface area contributed by atoms with Crippen molar-refractivity contribution in [3.63, 3.8) is 0 Å². The normalized spacial score (nSPS) is 23.2. The number of carbonyl (C=O) groups is 2. The Bertz CT molecular complexity index is 302. The molecule has 3 heteroatoms. The Morgan fingerprint density at radius 1 is 1.56 bits per heavy atom. The van der Waals surface area contributed by atoms with Crippen LogP contribution in [0.5, 0.6) is 0 Å². The van der Waals surface area contributed by atoms with Gasteiger partial charge in [-0.2, -0.15) is 0 Å². The third kappa shape index (κ3) is 3.47. The summed E-state index contributed by atoms with van der Waals surface area (Å²) in [5.41, 5.74) is -0.113. The Kier molecular flexibility index (Phi) is 4.27. The number of hydrogen-bond acceptors (Lipinski definition) is 3. The number of esters is 1. The minimum atomic E-state index is -0.149. The molecule has 0 aromatic carbocycles. The molecule has 0 saturated heterocycles. The Hall–Kier alpha value is -1.12. The van der Waals surface area contributed by atoms with E-state index < -0.39 is 0 Å². The maximum atomic E-state index is 11.3.